The highest BCUT2D eigenvalue weighted by Gasteiger charge is 2.10. The summed E-state index contributed by atoms with van der Waals surface area (Å²) in [5, 5.41) is 0.917. The molecule has 0 radical (unpaired) electrons. The number of alkyl halides is 1. The van der Waals surface area contributed by atoms with Crippen LogP contribution in [0.25, 0.3) is 0 Å². The maximum Gasteiger partial charge on any atom is 0.253 e. The number of halogens is 1. The summed E-state index contributed by atoms with van der Waals surface area (Å²) in [6, 6.07) is 3.56. The van der Waals surface area contributed by atoms with Crippen molar-refractivity contribution in [3.05, 3.63) is 29.6 Å². The number of amides is 1. The summed E-state index contributed by atoms with van der Waals surface area (Å²) >= 11 is 3.35. The van der Waals surface area contributed by atoms with E-state index in [0.717, 1.165) is 24.0 Å². The van der Waals surface area contributed by atoms with E-state index in [9.17, 15) is 4.79 Å². The first-order valence-corrected chi connectivity index (χ1v) is 6.01. The number of carbonyl (C=O) groups excluding carboxylic acids is 1. The van der Waals surface area contributed by atoms with Crippen molar-refractivity contribution in [1.29, 1.82) is 0 Å². The molecule has 0 fully saturated rings. The number of aromatic nitrogens is 1. The fraction of sp³-hybridized carbons (Fsp3) is 0.455. The van der Waals surface area contributed by atoms with Gasteiger partial charge in [-0.25, -0.2) is 0 Å². The summed E-state index contributed by atoms with van der Waals surface area (Å²) in [5.74, 6) is 0.0569. The molecular weight excluding hydrogens is 256 g/mol. The van der Waals surface area contributed by atoms with Crippen LogP contribution >= 0.6 is 15.9 Å². The topological polar surface area (TPSA) is 33.2 Å². The molecule has 0 spiro atoms. The third-order valence-corrected chi connectivity index (χ3v) is 2.68. The summed E-state index contributed by atoms with van der Waals surface area (Å²) in [6.45, 7) is 2.65. The van der Waals surface area contributed by atoms with Gasteiger partial charge in [0.2, 0.25) is 0 Å². The molecule has 1 rings (SSSR count). The summed E-state index contributed by atoms with van der Waals surface area (Å²) in [4.78, 5) is 17.7. The van der Waals surface area contributed by atoms with Crippen molar-refractivity contribution in [3.8, 4) is 0 Å². The van der Waals surface area contributed by atoms with Crippen LogP contribution in [0.5, 0.6) is 0 Å². The van der Waals surface area contributed by atoms with E-state index in [1.54, 1.807) is 17.2 Å². The molecule has 0 bridgehead atoms. The lowest BCUT2D eigenvalue weighted by molar-refractivity contribution is 0.0795. The monoisotopic (exact) mass is 270 g/mol. The van der Waals surface area contributed by atoms with Gasteiger partial charge < -0.3 is 4.90 Å². The summed E-state index contributed by atoms with van der Waals surface area (Å²) < 4.78 is 0. The Balaban J connectivity index is 2.67. The highest BCUT2D eigenvalue weighted by molar-refractivity contribution is 9.09. The van der Waals surface area contributed by atoms with Crippen LogP contribution in [0.4, 0.5) is 0 Å². The van der Waals surface area contributed by atoms with Crippen molar-refractivity contribution in [2.24, 2.45) is 0 Å². The van der Waals surface area contributed by atoms with Crippen LogP contribution < -0.4 is 0 Å². The second kappa shape index (κ2) is 5.85. The summed E-state index contributed by atoms with van der Waals surface area (Å²) in [6.07, 6.45) is 2.63. The molecular formula is C11H15BrN2O. The average molecular weight is 271 g/mol. The van der Waals surface area contributed by atoms with Crippen LogP contribution in [0.2, 0.25) is 0 Å². The molecule has 0 aliphatic heterocycles. The van der Waals surface area contributed by atoms with Crippen LogP contribution in [-0.4, -0.2) is 34.7 Å². The summed E-state index contributed by atoms with van der Waals surface area (Å²) in [5.41, 5.74) is 1.58. The smallest absolute Gasteiger partial charge is 0.253 e. The van der Waals surface area contributed by atoms with E-state index in [4.69, 9.17) is 0 Å². The largest absolute Gasteiger partial charge is 0.342 e. The standard InChI is InChI=1S/C11H15BrN2O/c1-9-8-10(4-6-13-9)11(15)14(2)7-3-5-12/h4,6,8H,3,5,7H2,1-2H3. The first-order valence-electron chi connectivity index (χ1n) is 4.89. The van der Waals surface area contributed by atoms with Gasteiger partial charge in [-0.2, -0.15) is 0 Å². The van der Waals surface area contributed by atoms with Crippen LogP contribution in [0, 0.1) is 6.92 Å². The quantitative estimate of drug-likeness (QED) is 0.787. The molecule has 0 unspecified atom stereocenters. The van der Waals surface area contributed by atoms with E-state index in [0.29, 0.717) is 5.56 Å². The van der Waals surface area contributed by atoms with Gasteiger partial charge in [0.05, 0.1) is 0 Å². The lowest BCUT2D eigenvalue weighted by atomic mass is 10.2. The maximum absolute atomic E-state index is 11.9. The lowest BCUT2D eigenvalue weighted by Gasteiger charge is -2.16. The van der Waals surface area contributed by atoms with E-state index >= 15 is 0 Å². The van der Waals surface area contributed by atoms with Crippen molar-refractivity contribution in [2.45, 2.75) is 13.3 Å². The Morgan fingerprint density at radius 2 is 2.33 bits per heavy atom. The lowest BCUT2D eigenvalue weighted by Crippen LogP contribution is -2.28. The highest BCUT2D eigenvalue weighted by Crippen LogP contribution is 2.05. The van der Waals surface area contributed by atoms with Crippen molar-refractivity contribution in [1.82, 2.24) is 9.88 Å². The number of pyridine rings is 1. The molecule has 4 heteroatoms. The zero-order chi connectivity index (χ0) is 11.3. The molecule has 0 saturated heterocycles. The number of nitrogens with zero attached hydrogens (tertiary/aromatic N) is 2. The Hall–Kier alpha value is -0.900. The predicted molar refractivity (Wildman–Crippen MR) is 64.3 cm³/mol. The molecule has 1 heterocycles. The van der Waals surface area contributed by atoms with Crippen LogP contribution in [0.1, 0.15) is 22.5 Å². The average Bonchev–Trinajstić information content (AvgIpc) is 2.24. The zero-order valence-corrected chi connectivity index (χ0v) is 10.6. The van der Waals surface area contributed by atoms with E-state index in [2.05, 4.69) is 20.9 Å². The number of aryl methyl sites for hydroxylation is 1. The Morgan fingerprint density at radius 3 is 2.93 bits per heavy atom. The van der Waals surface area contributed by atoms with Gasteiger partial charge >= 0.3 is 0 Å². The molecule has 0 aromatic carbocycles. The Bertz CT molecular complexity index is 341. The zero-order valence-electron chi connectivity index (χ0n) is 9.03. The molecule has 1 amide bonds. The predicted octanol–water partition coefficient (Wildman–Crippen LogP) is 2.25. The molecule has 3 nitrogen and oxygen atoms in total. The van der Waals surface area contributed by atoms with Gasteiger partial charge in [0.15, 0.2) is 0 Å². The summed E-state index contributed by atoms with van der Waals surface area (Å²) in [7, 11) is 1.82. The molecule has 0 aliphatic rings. The van der Waals surface area contributed by atoms with Crippen molar-refractivity contribution in [3.63, 3.8) is 0 Å². The minimum absolute atomic E-state index is 0.0569. The van der Waals surface area contributed by atoms with Crippen molar-refractivity contribution in [2.75, 3.05) is 18.9 Å². The number of hydrogen-bond acceptors (Lipinski definition) is 2. The van der Waals surface area contributed by atoms with Crippen LogP contribution in [0.3, 0.4) is 0 Å². The van der Waals surface area contributed by atoms with Crippen molar-refractivity contribution >= 4 is 21.8 Å². The fourth-order valence-electron chi connectivity index (χ4n) is 1.30. The molecule has 0 atom stereocenters. The second-order valence-electron chi connectivity index (χ2n) is 3.46. The highest BCUT2D eigenvalue weighted by atomic mass is 79.9. The molecule has 1 aromatic heterocycles. The van der Waals surface area contributed by atoms with E-state index in [1.807, 2.05) is 20.0 Å². The third kappa shape index (κ3) is 3.63. The van der Waals surface area contributed by atoms with Gasteiger partial charge in [0, 0.05) is 36.4 Å². The normalized spacial score (nSPS) is 10.1. The van der Waals surface area contributed by atoms with E-state index in [-0.39, 0.29) is 5.91 Å². The van der Waals surface area contributed by atoms with E-state index in [1.165, 1.54) is 0 Å². The van der Waals surface area contributed by atoms with Gasteiger partial charge in [-0.05, 0) is 25.5 Å². The minimum Gasteiger partial charge on any atom is -0.342 e. The maximum atomic E-state index is 11.9. The molecule has 0 aliphatic carbocycles. The number of carbonyl (C=O) groups is 1. The molecule has 0 N–H and O–H groups in total. The first-order chi connectivity index (χ1) is 7.15. The molecule has 1 aromatic rings. The molecule has 82 valence electrons. The number of hydrogen-bond donors (Lipinski definition) is 0. The van der Waals surface area contributed by atoms with Gasteiger partial charge in [0.25, 0.3) is 5.91 Å². The minimum atomic E-state index is 0.0569. The Morgan fingerprint density at radius 1 is 1.60 bits per heavy atom. The van der Waals surface area contributed by atoms with Gasteiger partial charge in [0.1, 0.15) is 0 Å². The first kappa shape index (κ1) is 12.2. The van der Waals surface area contributed by atoms with Crippen LogP contribution in [-0.2, 0) is 0 Å². The Labute approximate surface area is 98.6 Å². The number of rotatable bonds is 4. The fourth-order valence-corrected chi connectivity index (χ4v) is 1.55. The van der Waals surface area contributed by atoms with Crippen LogP contribution in [0.15, 0.2) is 18.3 Å². The van der Waals surface area contributed by atoms with Gasteiger partial charge in [-0.1, -0.05) is 15.9 Å². The van der Waals surface area contributed by atoms with E-state index < -0.39 is 0 Å². The Kier molecular flexibility index (Phi) is 4.75. The second-order valence-corrected chi connectivity index (χ2v) is 4.25. The van der Waals surface area contributed by atoms with Gasteiger partial charge in [-0.15, -0.1) is 0 Å². The van der Waals surface area contributed by atoms with Crippen molar-refractivity contribution < 1.29 is 4.79 Å². The van der Waals surface area contributed by atoms with Gasteiger partial charge in [-0.3, -0.25) is 9.78 Å². The third-order valence-electron chi connectivity index (χ3n) is 2.12. The molecule has 0 saturated carbocycles. The SMILES string of the molecule is Cc1cc(C(=O)N(C)CCCBr)ccn1. The molecule has 15 heavy (non-hydrogen) atoms.